The van der Waals surface area contributed by atoms with Crippen LogP contribution < -0.4 is 4.74 Å². The minimum atomic E-state index is -1.43. The van der Waals surface area contributed by atoms with Gasteiger partial charge in [0.2, 0.25) is 5.16 Å². The Bertz CT molecular complexity index is 878. The first-order chi connectivity index (χ1) is 11.6. The molecule has 0 spiro atoms. The van der Waals surface area contributed by atoms with Crippen LogP contribution in [-0.2, 0) is 16.6 Å². The molecule has 3 aromatic rings. The monoisotopic (exact) mass is 345 g/mol. The smallest absolute Gasteiger partial charge is 0.203 e. The zero-order chi connectivity index (χ0) is 17.1. The molecule has 0 aliphatic heterocycles. The van der Waals surface area contributed by atoms with Crippen molar-refractivity contribution in [3.63, 3.8) is 0 Å². The Labute approximate surface area is 141 Å². The molecule has 1 aromatic carbocycles. The van der Waals surface area contributed by atoms with Gasteiger partial charge in [0.05, 0.1) is 29.4 Å². The number of methoxy groups -OCH3 is 1. The van der Waals surface area contributed by atoms with E-state index in [0.29, 0.717) is 22.3 Å². The van der Waals surface area contributed by atoms with Gasteiger partial charge in [-0.05, 0) is 42.8 Å². The lowest BCUT2D eigenvalue weighted by Crippen LogP contribution is -2.08. The van der Waals surface area contributed by atoms with Crippen molar-refractivity contribution in [3.8, 4) is 11.4 Å². The highest BCUT2D eigenvalue weighted by Crippen LogP contribution is 2.24. The third-order valence-electron chi connectivity index (χ3n) is 3.56. The van der Waals surface area contributed by atoms with E-state index in [2.05, 4.69) is 9.97 Å². The molecular weight excluding hydrogens is 329 g/mol. The fraction of sp³-hybridized carbons (Fsp3) is 0.176. The van der Waals surface area contributed by atoms with E-state index in [0.717, 1.165) is 5.56 Å². The van der Waals surface area contributed by atoms with E-state index in [1.54, 1.807) is 42.4 Å². The number of rotatable bonds is 5. The molecule has 24 heavy (non-hydrogen) atoms. The van der Waals surface area contributed by atoms with Crippen molar-refractivity contribution in [2.45, 2.75) is 17.8 Å². The minimum absolute atomic E-state index is 0.184. The predicted molar refractivity (Wildman–Crippen MR) is 89.2 cm³/mol. The molecule has 0 saturated carbocycles. The molecule has 1 atom stereocenters. The number of ether oxygens (including phenoxy) is 1. The van der Waals surface area contributed by atoms with Crippen molar-refractivity contribution in [2.24, 2.45) is 0 Å². The van der Waals surface area contributed by atoms with Crippen LogP contribution in [0.1, 0.15) is 11.3 Å². The first-order valence-corrected chi connectivity index (χ1v) is 8.58. The van der Waals surface area contributed by atoms with E-state index in [1.165, 1.54) is 12.1 Å². The van der Waals surface area contributed by atoms with E-state index >= 15 is 0 Å². The number of imidazole rings is 1. The Kier molecular flexibility index (Phi) is 4.71. The Hall–Kier alpha value is -2.54. The SMILES string of the molecule is COc1c(C)ccnc1CS(=O)c1nccn1-c1ccc(F)cc1. The summed E-state index contributed by atoms with van der Waals surface area (Å²) in [6, 6.07) is 7.78. The molecule has 0 amide bonds. The average molecular weight is 345 g/mol. The topological polar surface area (TPSA) is 57.0 Å². The summed E-state index contributed by atoms with van der Waals surface area (Å²) in [7, 11) is 0.140. The zero-order valence-corrected chi connectivity index (χ0v) is 14.1. The highest BCUT2D eigenvalue weighted by Gasteiger charge is 2.17. The van der Waals surface area contributed by atoms with E-state index in [4.69, 9.17) is 4.74 Å². The number of aromatic nitrogens is 3. The van der Waals surface area contributed by atoms with Gasteiger partial charge in [0.25, 0.3) is 0 Å². The maximum absolute atomic E-state index is 13.1. The summed E-state index contributed by atoms with van der Waals surface area (Å²) in [5.41, 5.74) is 2.24. The number of benzene rings is 1. The molecule has 7 heteroatoms. The van der Waals surface area contributed by atoms with Crippen LogP contribution in [0.3, 0.4) is 0 Å². The van der Waals surface area contributed by atoms with Crippen LogP contribution in [0.5, 0.6) is 5.75 Å². The van der Waals surface area contributed by atoms with Gasteiger partial charge >= 0.3 is 0 Å². The molecule has 0 N–H and O–H groups in total. The first-order valence-electron chi connectivity index (χ1n) is 7.26. The molecule has 1 unspecified atom stereocenters. The second-order valence-electron chi connectivity index (χ2n) is 5.15. The number of aryl methyl sites for hydroxylation is 1. The number of halogens is 1. The fourth-order valence-corrected chi connectivity index (χ4v) is 3.57. The van der Waals surface area contributed by atoms with E-state index in [-0.39, 0.29) is 11.6 Å². The van der Waals surface area contributed by atoms with Gasteiger partial charge in [-0.3, -0.25) is 13.8 Å². The van der Waals surface area contributed by atoms with E-state index in [9.17, 15) is 8.60 Å². The normalized spacial score (nSPS) is 12.1. The highest BCUT2D eigenvalue weighted by molar-refractivity contribution is 7.84. The van der Waals surface area contributed by atoms with Crippen molar-refractivity contribution >= 4 is 10.8 Å². The molecule has 0 saturated heterocycles. The molecule has 2 heterocycles. The summed E-state index contributed by atoms with van der Waals surface area (Å²) < 4.78 is 32.9. The Morgan fingerprint density at radius 1 is 1.17 bits per heavy atom. The van der Waals surface area contributed by atoms with Gasteiger partial charge in [0.15, 0.2) is 0 Å². The lowest BCUT2D eigenvalue weighted by atomic mass is 10.2. The van der Waals surface area contributed by atoms with Gasteiger partial charge < -0.3 is 4.74 Å². The quantitative estimate of drug-likeness (QED) is 0.713. The van der Waals surface area contributed by atoms with Crippen LogP contribution in [0.25, 0.3) is 5.69 Å². The average Bonchev–Trinajstić information content (AvgIpc) is 3.05. The molecule has 0 radical (unpaired) electrons. The third-order valence-corrected chi connectivity index (χ3v) is 4.81. The second-order valence-corrected chi connectivity index (χ2v) is 6.50. The summed E-state index contributed by atoms with van der Waals surface area (Å²) in [4.78, 5) is 8.46. The van der Waals surface area contributed by atoms with E-state index < -0.39 is 10.8 Å². The third kappa shape index (κ3) is 3.21. The Morgan fingerprint density at radius 3 is 2.62 bits per heavy atom. The van der Waals surface area contributed by atoms with Gasteiger partial charge in [-0.25, -0.2) is 9.37 Å². The molecule has 0 aliphatic rings. The largest absolute Gasteiger partial charge is 0.495 e. The van der Waals surface area contributed by atoms with Gasteiger partial charge in [-0.1, -0.05) is 0 Å². The van der Waals surface area contributed by atoms with Crippen molar-refractivity contribution in [1.29, 1.82) is 0 Å². The van der Waals surface area contributed by atoms with Gasteiger partial charge in [-0.2, -0.15) is 0 Å². The van der Waals surface area contributed by atoms with Gasteiger partial charge in [0, 0.05) is 24.3 Å². The van der Waals surface area contributed by atoms with Crippen molar-refractivity contribution in [1.82, 2.24) is 14.5 Å². The summed E-state index contributed by atoms with van der Waals surface area (Å²) in [6.07, 6.45) is 4.93. The van der Waals surface area contributed by atoms with Gasteiger partial charge in [-0.15, -0.1) is 0 Å². The summed E-state index contributed by atoms with van der Waals surface area (Å²) in [6.45, 7) is 1.91. The van der Waals surface area contributed by atoms with Crippen molar-refractivity contribution < 1.29 is 13.3 Å². The predicted octanol–water partition coefficient (Wildman–Crippen LogP) is 3.03. The van der Waals surface area contributed by atoms with Crippen LogP contribution in [0, 0.1) is 12.7 Å². The summed E-state index contributed by atoms with van der Waals surface area (Å²) >= 11 is 0. The maximum atomic E-state index is 13.1. The Morgan fingerprint density at radius 2 is 1.92 bits per heavy atom. The second kappa shape index (κ2) is 6.92. The van der Waals surface area contributed by atoms with Crippen LogP contribution in [0.15, 0.2) is 54.1 Å². The zero-order valence-electron chi connectivity index (χ0n) is 13.3. The lowest BCUT2D eigenvalue weighted by molar-refractivity contribution is 0.405. The standard InChI is InChI=1S/C17H16FN3O2S/c1-12-7-8-19-15(16(12)23-2)11-24(22)17-20-9-10-21(17)14-5-3-13(18)4-6-14/h3-10H,11H2,1-2H3. The highest BCUT2D eigenvalue weighted by atomic mass is 32.2. The molecule has 3 rings (SSSR count). The number of nitrogens with zero attached hydrogens (tertiary/aromatic N) is 3. The lowest BCUT2D eigenvalue weighted by Gasteiger charge is -2.11. The number of hydrogen-bond acceptors (Lipinski definition) is 4. The van der Waals surface area contributed by atoms with Crippen LogP contribution >= 0.6 is 0 Å². The van der Waals surface area contributed by atoms with Crippen molar-refractivity contribution in [3.05, 3.63) is 66.0 Å². The van der Waals surface area contributed by atoms with Crippen molar-refractivity contribution in [2.75, 3.05) is 7.11 Å². The summed E-state index contributed by atoms with van der Waals surface area (Å²) in [5, 5.41) is 0.381. The number of hydrogen-bond donors (Lipinski definition) is 0. The Balaban J connectivity index is 1.91. The van der Waals surface area contributed by atoms with Crippen LogP contribution in [-0.4, -0.2) is 25.9 Å². The molecule has 5 nitrogen and oxygen atoms in total. The molecule has 0 fully saturated rings. The first kappa shape index (κ1) is 16.3. The maximum Gasteiger partial charge on any atom is 0.203 e. The molecule has 2 aromatic heterocycles. The fourth-order valence-electron chi connectivity index (χ4n) is 2.43. The molecular formula is C17H16FN3O2S. The van der Waals surface area contributed by atoms with E-state index in [1.807, 2.05) is 13.0 Å². The summed E-state index contributed by atoms with van der Waals surface area (Å²) in [5.74, 6) is 0.490. The van der Waals surface area contributed by atoms with Crippen LogP contribution in [0.4, 0.5) is 4.39 Å². The molecule has 0 bridgehead atoms. The number of pyridine rings is 1. The van der Waals surface area contributed by atoms with Gasteiger partial charge in [0.1, 0.15) is 11.6 Å². The van der Waals surface area contributed by atoms with Crippen LogP contribution in [0.2, 0.25) is 0 Å². The molecule has 124 valence electrons. The minimum Gasteiger partial charge on any atom is -0.495 e. The molecule has 0 aliphatic carbocycles.